The van der Waals surface area contributed by atoms with Crippen LogP contribution in [-0.2, 0) is 9.53 Å². The van der Waals surface area contributed by atoms with Gasteiger partial charge in [0.2, 0.25) is 0 Å². The first-order chi connectivity index (χ1) is 9.17. The van der Waals surface area contributed by atoms with Crippen molar-refractivity contribution in [2.24, 2.45) is 0 Å². The Balaban J connectivity index is 2.40. The van der Waals surface area contributed by atoms with Crippen molar-refractivity contribution in [2.75, 3.05) is 13.2 Å². The van der Waals surface area contributed by atoms with Gasteiger partial charge in [-0.2, -0.15) is 0 Å². The summed E-state index contributed by atoms with van der Waals surface area (Å²) in [7, 11) is 0. The van der Waals surface area contributed by atoms with Crippen LogP contribution in [0.2, 0.25) is 0 Å². The number of carbonyl (C=O) groups excluding carboxylic acids is 1. The quantitative estimate of drug-likeness (QED) is 0.555. The Morgan fingerprint density at radius 1 is 1.26 bits per heavy atom. The van der Waals surface area contributed by atoms with Gasteiger partial charge in [0.1, 0.15) is 12.4 Å². The van der Waals surface area contributed by atoms with Crippen molar-refractivity contribution >= 4 is 5.97 Å². The van der Waals surface area contributed by atoms with E-state index in [4.69, 9.17) is 9.47 Å². The van der Waals surface area contributed by atoms with Crippen LogP contribution in [0.5, 0.6) is 5.75 Å². The molecule has 1 rings (SSSR count). The van der Waals surface area contributed by atoms with Crippen molar-refractivity contribution in [1.82, 2.24) is 0 Å². The van der Waals surface area contributed by atoms with Gasteiger partial charge in [-0.1, -0.05) is 26.0 Å². The molecule has 19 heavy (non-hydrogen) atoms. The molecule has 0 heterocycles. The molecule has 1 aromatic carbocycles. The van der Waals surface area contributed by atoms with Gasteiger partial charge in [-0.3, -0.25) is 0 Å². The molecule has 104 valence electrons. The summed E-state index contributed by atoms with van der Waals surface area (Å²) in [6.45, 7) is 6.91. The summed E-state index contributed by atoms with van der Waals surface area (Å²) in [5.41, 5.74) is 1.32. The van der Waals surface area contributed by atoms with E-state index in [2.05, 4.69) is 26.0 Å². The molecule has 0 aliphatic heterocycles. The van der Waals surface area contributed by atoms with E-state index >= 15 is 0 Å². The topological polar surface area (TPSA) is 35.5 Å². The summed E-state index contributed by atoms with van der Waals surface area (Å²) in [6.07, 6.45) is 4.17. The maximum Gasteiger partial charge on any atom is 0.330 e. The van der Waals surface area contributed by atoms with Gasteiger partial charge in [-0.15, -0.1) is 0 Å². The van der Waals surface area contributed by atoms with E-state index in [0.29, 0.717) is 19.1 Å². The fraction of sp³-hybridized carbons (Fsp3) is 0.438. The predicted molar refractivity (Wildman–Crippen MR) is 76.4 cm³/mol. The lowest BCUT2D eigenvalue weighted by Gasteiger charge is -2.09. The van der Waals surface area contributed by atoms with E-state index in [-0.39, 0.29) is 5.97 Å². The molecule has 0 amide bonds. The number of rotatable bonds is 7. The molecule has 0 aromatic heterocycles. The molecule has 0 aliphatic rings. The van der Waals surface area contributed by atoms with Gasteiger partial charge in [0.15, 0.2) is 0 Å². The lowest BCUT2D eigenvalue weighted by atomic mass is 9.99. The number of carbonyl (C=O) groups is 1. The standard InChI is InChI=1S/C16H22O3/c1-4-13(3)14-8-10-15(11-9-14)19-12-6-7-16(17)18-5-2/h6-11,13H,4-5,12H2,1-3H3/b7-6+. The molecule has 0 saturated carbocycles. The minimum Gasteiger partial charge on any atom is -0.490 e. The second-order valence-electron chi connectivity index (χ2n) is 4.34. The van der Waals surface area contributed by atoms with Gasteiger partial charge in [0, 0.05) is 6.08 Å². The third-order valence-corrected chi connectivity index (χ3v) is 2.95. The summed E-state index contributed by atoms with van der Waals surface area (Å²) < 4.78 is 10.3. The number of hydrogen-bond donors (Lipinski definition) is 0. The van der Waals surface area contributed by atoms with Crippen LogP contribution in [0, 0.1) is 0 Å². The fourth-order valence-electron chi connectivity index (χ4n) is 1.61. The van der Waals surface area contributed by atoms with Crippen LogP contribution in [0.3, 0.4) is 0 Å². The maximum atomic E-state index is 11.0. The molecule has 3 heteroatoms. The van der Waals surface area contributed by atoms with Crippen LogP contribution in [0.25, 0.3) is 0 Å². The van der Waals surface area contributed by atoms with E-state index < -0.39 is 0 Å². The van der Waals surface area contributed by atoms with Gasteiger partial charge >= 0.3 is 5.97 Å². The molecule has 0 aliphatic carbocycles. The highest BCUT2D eigenvalue weighted by Crippen LogP contribution is 2.21. The Morgan fingerprint density at radius 2 is 1.95 bits per heavy atom. The van der Waals surface area contributed by atoms with Crippen LogP contribution in [-0.4, -0.2) is 19.2 Å². The number of hydrogen-bond acceptors (Lipinski definition) is 3. The number of ether oxygens (including phenoxy) is 2. The highest BCUT2D eigenvalue weighted by molar-refractivity contribution is 5.81. The SMILES string of the molecule is CCOC(=O)/C=C/COc1ccc(C(C)CC)cc1. The normalized spacial score (nSPS) is 12.4. The van der Waals surface area contributed by atoms with Gasteiger partial charge in [-0.05, 0) is 43.0 Å². The molecule has 0 bridgehead atoms. The Morgan fingerprint density at radius 3 is 2.53 bits per heavy atom. The molecule has 0 spiro atoms. The van der Waals surface area contributed by atoms with Gasteiger partial charge in [0.25, 0.3) is 0 Å². The zero-order valence-corrected chi connectivity index (χ0v) is 11.9. The van der Waals surface area contributed by atoms with Crippen LogP contribution in [0.4, 0.5) is 0 Å². The summed E-state index contributed by atoms with van der Waals surface area (Å²) in [6, 6.07) is 8.08. The Bertz CT molecular complexity index is 407. The van der Waals surface area contributed by atoms with E-state index in [9.17, 15) is 4.79 Å². The lowest BCUT2D eigenvalue weighted by Crippen LogP contribution is -2.01. The van der Waals surface area contributed by atoms with Crippen LogP contribution >= 0.6 is 0 Å². The molecule has 0 fully saturated rings. The highest BCUT2D eigenvalue weighted by atomic mass is 16.5. The minimum atomic E-state index is -0.335. The van der Waals surface area contributed by atoms with Gasteiger partial charge in [0.05, 0.1) is 6.61 Å². The Kier molecular flexibility index (Phi) is 6.72. The lowest BCUT2D eigenvalue weighted by molar-refractivity contribution is -0.137. The summed E-state index contributed by atoms with van der Waals surface area (Å²) in [4.78, 5) is 11.0. The average Bonchev–Trinajstić information content (AvgIpc) is 2.44. The van der Waals surface area contributed by atoms with E-state index in [1.54, 1.807) is 13.0 Å². The van der Waals surface area contributed by atoms with Gasteiger partial charge < -0.3 is 9.47 Å². The molecule has 1 atom stereocenters. The average molecular weight is 262 g/mol. The molecule has 1 aromatic rings. The molecule has 3 nitrogen and oxygen atoms in total. The third-order valence-electron chi connectivity index (χ3n) is 2.95. The molecular formula is C16H22O3. The predicted octanol–water partition coefficient (Wildman–Crippen LogP) is 3.70. The molecule has 0 N–H and O–H groups in total. The summed E-state index contributed by atoms with van der Waals surface area (Å²) >= 11 is 0. The molecule has 1 unspecified atom stereocenters. The molecular weight excluding hydrogens is 240 g/mol. The maximum absolute atomic E-state index is 11.0. The van der Waals surface area contributed by atoms with Crippen molar-refractivity contribution in [3.8, 4) is 5.75 Å². The van der Waals surface area contributed by atoms with Crippen molar-refractivity contribution < 1.29 is 14.3 Å². The highest BCUT2D eigenvalue weighted by Gasteiger charge is 2.02. The van der Waals surface area contributed by atoms with Crippen molar-refractivity contribution in [3.05, 3.63) is 42.0 Å². The summed E-state index contributed by atoms with van der Waals surface area (Å²) in [5, 5.41) is 0. The minimum absolute atomic E-state index is 0.335. The van der Waals surface area contributed by atoms with Crippen LogP contribution < -0.4 is 4.74 Å². The number of esters is 1. The van der Waals surface area contributed by atoms with Crippen LogP contribution in [0.15, 0.2) is 36.4 Å². The van der Waals surface area contributed by atoms with E-state index in [1.165, 1.54) is 11.6 Å². The second kappa shape index (κ2) is 8.35. The fourth-order valence-corrected chi connectivity index (χ4v) is 1.61. The van der Waals surface area contributed by atoms with E-state index in [1.807, 2.05) is 12.1 Å². The summed E-state index contributed by atoms with van der Waals surface area (Å²) in [5.74, 6) is 1.04. The first kappa shape index (κ1) is 15.3. The smallest absolute Gasteiger partial charge is 0.330 e. The third kappa shape index (κ3) is 5.60. The number of benzene rings is 1. The van der Waals surface area contributed by atoms with Crippen LogP contribution in [0.1, 0.15) is 38.7 Å². The Labute approximate surface area is 115 Å². The van der Waals surface area contributed by atoms with Crippen molar-refractivity contribution in [2.45, 2.75) is 33.1 Å². The Hall–Kier alpha value is -1.77. The molecule has 0 radical (unpaired) electrons. The first-order valence-corrected chi connectivity index (χ1v) is 6.73. The largest absolute Gasteiger partial charge is 0.490 e. The van der Waals surface area contributed by atoms with Gasteiger partial charge in [-0.25, -0.2) is 4.79 Å². The van der Waals surface area contributed by atoms with E-state index in [0.717, 1.165) is 12.2 Å². The monoisotopic (exact) mass is 262 g/mol. The zero-order chi connectivity index (χ0) is 14.1. The first-order valence-electron chi connectivity index (χ1n) is 6.73. The second-order valence-corrected chi connectivity index (χ2v) is 4.34. The van der Waals surface area contributed by atoms with Crippen molar-refractivity contribution in [1.29, 1.82) is 0 Å². The molecule has 0 saturated heterocycles. The zero-order valence-electron chi connectivity index (χ0n) is 11.9. The van der Waals surface area contributed by atoms with Crippen molar-refractivity contribution in [3.63, 3.8) is 0 Å².